The molecule has 1 rings (SSSR count). The van der Waals surface area contributed by atoms with Crippen LogP contribution in [0.25, 0.3) is 0 Å². The van der Waals surface area contributed by atoms with E-state index < -0.39 is 18.2 Å². The lowest BCUT2D eigenvalue weighted by atomic mass is 9.87. The van der Waals surface area contributed by atoms with E-state index in [2.05, 4.69) is 0 Å². The smallest absolute Gasteiger partial charge is 0.395 e. The van der Waals surface area contributed by atoms with E-state index in [9.17, 15) is 13.2 Å². The van der Waals surface area contributed by atoms with E-state index >= 15 is 0 Å². The van der Waals surface area contributed by atoms with Crippen LogP contribution in [0.1, 0.15) is 6.42 Å². The molecule has 0 radical (unpaired) electrons. The zero-order valence-electron chi connectivity index (χ0n) is 7.85. The summed E-state index contributed by atoms with van der Waals surface area (Å²) in [6.07, 6.45) is -4.36. The van der Waals surface area contributed by atoms with Crippen LogP contribution in [0.2, 0.25) is 0 Å². The van der Waals surface area contributed by atoms with Gasteiger partial charge in [-0.05, 0) is 13.0 Å². The van der Waals surface area contributed by atoms with Gasteiger partial charge >= 0.3 is 6.18 Å². The van der Waals surface area contributed by atoms with Crippen LogP contribution in [0, 0.1) is 5.41 Å². The van der Waals surface area contributed by atoms with Crippen molar-refractivity contribution < 1.29 is 18.3 Å². The van der Waals surface area contributed by atoms with Gasteiger partial charge in [-0.25, -0.2) is 0 Å². The van der Waals surface area contributed by atoms with E-state index in [-0.39, 0.29) is 13.0 Å². The highest BCUT2D eigenvalue weighted by Gasteiger charge is 2.57. The SMILES string of the molecule is NCCN1CC[C@](CO)(C(F)(F)F)C1. The molecule has 0 bridgehead atoms. The van der Waals surface area contributed by atoms with Gasteiger partial charge in [-0.1, -0.05) is 0 Å². The van der Waals surface area contributed by atoms with E-state index in [1.54, 1.807) is 4.90 Å². The Kier molecular flexibility index (Phi) is 3.39. The van der Waals surface area contributed by atoms with Gasteiger partial charge in [0.05, 0.1) is 6.61 Å². The highest BCUT2D eigenvalue weighted by atomic mass is 19.4. The molecule has 1 saturated heterocycles. The molecule has 1 aliphatic heterocycles. The minimum Gasteiger partial charge on any atom is -0.395 e. The monoisotopic (exact) mass is 212 g/mol. The van der Waals surface area contributed by atoms with Gasteiger partial charge in [-0.15, -0.1) is 0 Å². The Morgan fingerprint density at radius 1 is 1.43 bits per heavy atom. The molecule has 14 heavy (non-hydrogen) atoms. The number of aliphatic hydroxyl groups excluding tert-OH is 1. The van der Waals surface area contributed by atoms with Crippen molar-refractivity contribution >= 4 is 0 Å². The molecule has 1 fully saturated rings. The lowest BCUT2D eigenvalue weighted by Gasteiger charge is -2.29. The first-order valence-corrected chi connectivity index (χ1v) is 4.55. The molecular formula is C8H15F3N2O. The van der Waals surface area contributed by atoms with Crippen LogP contribution in [0.5, 0.6) is 0 Å². The largest absolute Gasteiger partial charge is 0.397 e. The number of halogens is 3. The molecule has 1 aliphatic rings. The minimum atomic E-state index is -4.33. The highest BCUT2D eigenvalue weighted by Crippen LogP contribution is 2.44. The van der Waals surface area contributed by atoms with Gasteiger partial charge in [0.15, 0.2) is 0 Å². The second-order valence-electron chi connectivity index (χ2n) is 3.75. The molecule has 3 N–H and O–H groups in total. The van der Waals surface area contributed by atoms with Crippen LogP contribution >= 0.6 is 0 Å². The van der Waals surface area contributed by atoms with Gasteiger partial charge in [-0.2, -0.15) is 13.2 Å². The lowest BCUT2D eigenvalue weighted by Crippen LogP contribution is -2.44. The van der Waals surface area contributed by atoms with Crippen molar-refractivity contribution in [3.8, 4) is 0 Å². The molecule has 84 valence electrons. The molecule has 0 saturated carbocycles. The van der Waals surface area contributed by atoms with Crippen molar-refractivity contribution in [2.75, 3.05) is 32.8 Å². The second kappa shape index (κ2) is 4.04. The van der Waals surface area contributed by atoms with E-state index in [0.29, 0.717) is 19.6 Å². The first-order valence-electron chi connectivity index (χ1n) is 4.55. The van der Waals surface area contributed by atoms with Gasteiger partial charge in [-0.3, -0.25) is 0 Å². The third-order valence-corrected chi connectivity index (χ3v) is 2.78. The molecule has 3 nitrogen and oxygen atoms in total. The number of alkyl halides is 3. The first-order chi connectivity index (χ1) is 6.45. The zero-order chi connectivity index (χ0) is 10.8. The van der Waals surface area contributed by atoms with E-state index in [1.807, 2.05) is 0 Å². The highest BCUT2D eigenvalue weighted by molar-refractivity contribution is 4.94. The fourth-order valence-corrected chi connectivity index (χ4v) is 1.78. The van der Waals surface area contributed by atoms with Crippen LogP contribution < -0.4 is 5.73 Å². The Bertz CT molecular complexity index is 198. The maximum Gasteiger partial charge on any atom is 0.397 e. The molecule has 0 aliphatic carbocycles. The Hall–Kier alpha value is -0.330. The number of likely N-dealkylation sites (tertiary alicyclic amines) is 1. The first kappa shape index (κ1) is 11.7. The molecule has 0 aromatic carbocycles. The topological polar surface area (TPSA) is 49.5 Å². The van der Waals surface area contributed by atoms with E-state index in [0.717, 1.165) is 0 Å². The quantitative estimate of drug-likeness (QED) is 0.702. The van der Waals surface area contributed by atoms with Crippen LogP contribution in [0.3, 0.4) is 0 Å². The van der Waals surface area contributed by atoms with Crippen molar-refractivity contribution in [1.82, 2.24) is 4.90 Å². The molecule has 6 heteroatoms. The number of nitrogens with zero attached hydrogens (tertiary/aromatic N) is 1. The van der Waals surface area contributed by atoms with Crippen molar-refractivity contribution in [1.29, 1.82) is 0 Å². The molecule has 0 aromatic heterocycles. The Morgan fingerprint density at radius 2 is 2.07 bits per heavy atom. The van der Waals surface area contributed by atoms with Crippen molar-refractivity contribution in [3.63, 3.8) is 0 Å². The molecule has 0 aromatic rings. The van der Waals surface area contributed by atoms with Crippen molar-refractivity contribution in [3.05, 3.63) is 0 Å². The Morgan fingerprint density at radius 3 is 2.43 bits per heavy atom. The van der Waals surface area contributed by atoms with Crippen LogP contribution in [0.4, 0.5) is 13.2 Å². The Balaban J connectivity index is 2.66. The third kappa shape index (κ3) is 2.02. The summed E-state index contributed by atoms with van der Waals surface area (Å²) in [6, 6.07) is 0. The van der Waals surface area contributed by atoms with Gasteiger partial charge in [0.1, 0.15) is 5.41 Å². The predicted octanol–water partition coefficient (Wildman–Crippen LogP) is 0.192. The molecule has 1 heterocycles. The summed E-state index contributed by atoms with van der Waals surface area (Å²) in [5, 5.41) is 8.86. The minimum absolute atomic E-state index is 0.0347. The van der Waals surface area contributed by atoms with Gasteiger partial charge in [0.2, 0.25) is 0 Å². The van der Waals surface area contributed by atoms with Gasteiger partial charge in [0.25, 0.3) is 0 Å². The second-order valence-corrected chi connectivity index (χ2v) is 3.75. The average molecular weight is 212 g/mol. The summed E-state index contributed by atoms with van der Waals surface area (Å²) in [6.45, 7) is 0.191. The predicted molar refractivity (Wildman–Crippen MR) is 45.7 cm³/mol. The standard InChI is InChI=1S/C8H15F3N2O/c9-8(10,11)7(6-14)1-3-13(5-7)4-2-12/h14H,1-6,12H2/t7-/m0/s1. The maximum atomic E-state index is 12.6. The fraction of sp³-hybridized carbons (Fsp3) is 1.00. The third-order valence-electron chi connectivity index (χ3n) is 2.78. The summed E-state index contributed by atoms with van der Waals surface area (Å²) < 4.78 is 37.8. The van der Waals surface area contributed by atoms with E-state index in [4.69, 9.17) is 10.8 Å². The van der Waals surface area contributed by atoms with E-state index in [1.165, 1.54) is 0 Å². The number of nitrogens with two attached hydrogens (primary N) is 1. The van der Waals surface area contributed by atoms with Crippen molar-refractivity contribution in [2.45, 2.75) is 12.6 Å². The summed E-state index contributed by atoms with van der Waals surface area (Å²) in [5.74, 6) is 0. The molecule has 0 unspecified atom stereocenters. The van der Waals surface area contributed by atoms with Crippen LogP contribution in [-0.2, 0) is 0 Å². The number of aliphatic hydroxyl groups is 1. The fourth-order valence-electron chi connectivity index (χ4n) is 1.78. The summed E-state index contributed by atoms with van der Waals surface area (Å²) in [5.41, 5.74) is 3.33. The number of hydrogen-bond acceptors (Lipinski definition) is 3. The maximum absolute atomic E-state index is 12.6. The molecule has 0 amide bonds. The summed E-state index contributed by atoms with van der Waals surface area (Å²) in [7, 11) is 0. The average Bonchev–Trinajstić information content (AvgIpc) is 2.49. The van der Waals surface area contributed by atoms with Crippen molar-refractivity contribution in [2.24, 2.45) is 11.1 Å². The molecule has 1 atom stereocenters. The molecular weight excluding hydrogens is 197 g/mol. The summed E-state index contributed by atoms with van der Waals surface area (Å²) >= 11 is 0. The van der Waals surface area contributed by atoms with Gasteiger partial charge < -0.3 is 15.7 Å². The normalized spacial score (nSPS) is 29.8. The zero-order valence-corrected chi connectivity index (χ0v) is 7.85. The summed E-state index contributed by atoms with van der Waals surface area (Å²) in [4.78, 5) is 1.64. The number of hydrogen-bond donors (Lipinski definition) is 2. The lowest BCUT2D eigenvalue weighted by molar-refractivity contribution is -0.230. The Labute approximate surface area is 80.7 Å². The van der Waals surface area contributed by atoms with Crippen LogP contribution in [0.15, 0.2) is 0 Å². The van der Waals surface area contributed by atoms with Crippen LogP contribution in [-0.4, -0.2) is 49.0 Å². The molecule has 0 spiro atoms. The van der Waals surface area contributed by atoms with Gasteiger partial charge in [0, 0.05) is 19.6 Å². The number of rotatable bonds is 3.